The molecule has 0 fully saturated rings. The third kappa shape index (κ3) is 2.86. The minimum absolute atomic E-state index is 0.361. The van der Waals surface area contributed by atoms with E-state index in [1.807, 2.05) is 18.3 Å². The Morgan fingerprint density at radius 3 is 2.89 bits per heavy atom. The maximum absolute atomic E-state index is 4.48. The van der Waals surface area contributed by atoms with Crippen LogP contribution in [0.25, 0.3) is 10.1 Å². The molecule has 98 valence electrons. The van der Waals surface area contributed by atoms with Crippen LogP contribution < -0.4 is 5.32 Å². The summed E-state index contributed by atoms with van der Waals surface area (Å²) in [5.74, 6) is 0. The van der Waals surface area contributed by atoms with Crippen molar-refractivity contribution in [1.29, 1.82) is 0 Å². The number of hydrogen-bond acceptors (Lipinski definition) is 4. The predicted octanol–water partition coefficient (Wildman–Crippen LogP) is 4.52. The molecule has 0 spiro atoms. The van der Waals surface area contributed by atoms with Crippen molar-refractivity contribution in [1.82, 2.24) is 10.3 Å². The van der Waals surface area contributed by atoms with E-state index in [4.69, 9.17) is 0 Å². The standard InChI is InChI=1S/C15H16N2S2/c1-10(16-8-13-9-18-11(2)17-13)15-7-12-5-3-4-6-14(12)19-15/h3-7,9-10,16H,8H2,1-2H3/t10-/m0/s1. The van der Waals surface area contributed by atoms with Crippen LogP contribution in [-0.2, 0) is 6.54 Å². The van der Waals surface area contributed by atoms with Gasteiger partial charge in [0, 0.05) is 27.5 Å². The quantitative estimate of drug-likeness (QED) is 0.763. The molecular weight excluding hydrogens is 272 g/mol. The first-order chi connectivity index (χ1) is 9.22. The molecule has 0 unspecified atom stereocenters. The summed E-state index contributed by atoms with van der Waals surface area (Å²) in [6.45, 7) is 5.09. The first kappa shape index (κ1) is 12.8. The van der Waals surface area contributed by atoms with Crippen molar-refractivity contribution in [3.05, 3.63) is 51.3 Å². The molecule has 0 amide bonds. The molecule has 19 heavy (non-hydrogen) atoms. The van der Waals surface area contributed by atoms with E-state index < -0.39 is 0 Å². The SMILES string of the molecule is Cc1nc(CN[C@@H](C)c2cc3ccccc3s2)cs1. The average molecular weight is 288 g/mol. The van der Waals surface area contributed by atoms with Gasteiger partial charge in [0.2, 0.25) is 0 Å². The van der Waals surface area contributed by atoms with Gasteiger partial charge in [0.15, 0.2) is 0 Å². The third-order valence-corrected chi connectivity index (χ3v) is 5.25. The summed E-state index contributed by atoms with van der Waals surface area (Å²) in [6.07, 6.45) is 0. The maximum Gasteiger partial charge on any atom is 0.0897 e. The van der Waals surface area contributed by atoms with Gasteiger partial charge in [-0.15, -0.1) is 22.7 Å². The molecule has 3 rings (SSSR count). The maximum atomic E-state index is 4.48. The molecule has 1 atom stereocenters. The number of nitrogens with zero attached hydrogens (tertiary/aromatic N) is 1. The minimum atomic E-state index is 0.361. The summed E-state index contributed by atoms with van der Waals surface area (Å²) in [5, 5.41) is 8.13. The number of rotatable bonds is 4. The van der Waals surface area contributed by atoms with Crippen LogP contribution in [-0.4, -0.2) is 4.98 Å². The van der Waals surface area contributed by atoms with Crippen LogP contribution in [0.1, 0.15) is 28.5 Å². The summed E-state index contributed by atoms with van der Waals surface area (Å²) in [4.78, 5) is 5.86. The van der Waals surface area contributed by atoms with Crippen molar-refractivity contribution in [2.24, 2.45) is 0 Å². The summed E-state index contributed by atoms with van der Waals surface area (Å²) >= 11 is 3.57. The van der Waals surface area contributed by atoms with Gasteiger partial charge in [0.25, 0.3) is 0 Å². The summed E-state index contributed by atoms with van der Waals surface area (Å²) in [7, 11) is 0. The fraction of sp³-hybridized carbons (Fsp3) is 0.267. The van der Waals surface area contributed by atoms with E-state index in [-0.39, 0.29) is 0 Å². The summed E-state index contributed by atoms with van der Waals surface area (Å²) < 4.78 is 1.36. The number of nitrogens with one attached hydrogen (secondary N) is 1. The van der Waals surface area contributed by atoms with E-state index >= 15 is 0 Å². The highest BCUT2D eigenvalue weighted by molar-refractivity contribution is 7.19. The van der Waals surface area contributed by atoms with Crippen molar-refractivity contribution < 1.29 is 0 Å². The van der Waals surface area contributed by atoms with Gasteiger partial charge in [0.1, 0.15) is 0 Å². The number of thiazole rings is 1. The number of hydrogen-bond donors (Lipinski definition) is 1. The van der Waals surface area contributed by atoms with Crippen LogP contribution in [0.15, 0.2) is 35.7 Å². The van der Waals surface area contributed by atoms with Gasteiger partial charge in [-0.05, 0) is 31.4 Å². The molecule has 0 bridgehead atoms. The molecule has 1 aromatic carbocycles. The lowest BCUT2D eigenvalue weighted by Crippen LogP contribution is -2.17. The normalized spacial score (nSPS) is 12.9. The number of aryl methyl sites for hydroxylation is 1. The van der Waals surface area contributed by atoms with Crippen LogP contribution in [0, 0.1) is 6.92 Å². The fourth-order valence-electron chi connectivity index (χ4n) is 2.06. The third-order valence-electron chi connectivity index (χ3n) is 3.13. The molecule has 2 heterocycles. The first-order valence-electron chi connectivity index (χ1n) is 6.35. The Balaban J connectivity index is 1.71. The fourth-order valence-corrected chi connectivity index (χ4v) is 3.77. The van der Waals surface area contributed by atoms with Gasteiger partial charge in [-0.25, -0.2) is 4.98 Å². The smallest absolute Gasteiger partial charge is 0.0897 e. The number of aromatic nitrogens is 1. The van der Waals surface area contributed by atoms with E-state index in [1.54, 1.807) is 11.3 Å². The second-order valence-corrected chi connectivity index (χ2v) is 6.82. The zero-order valence-electron chi connectivity index (χ0n) is 11.0. The van der Waals surface area contributed by atoms with Crippen LogP contribution in [0.3, 0.4) is 0 Å². The van der Waals surface area contributed by atoms with Gasteiger partial charge < -0.3 is 5.32 Å². The number of fused-ring (bicyclic) bond motifs is 1. The Morgan fingerprint density at radius 2 is 2.16 bits per heavy atom. The van der Waals surface area contributed by atoms with Crippen molar-refractivity contribution in [2.75, 3.05) is 0 Å². The first-order valence-corrected chi connectivity index (χ1v) is 8.05. The van der Waals surface area contributed by atoms with Gasteiger partial charge in [-0.2, -0.15) is 0 Å². The van der Waals surface area contributed by atoms with Gasteiger partial charge in [-0.1, -0.05) is 18.2 Å². The Kier molecular flexibility index (Phi) is 3.64. The molecule has 1 N–H and O–H groups in total. The lowest BCUT2D eigenvalue weighted by molar-refractivity contribution is 0.577. The summed E-state index contributed by atoms with van der Waals surface area (Å²) in [6, 6.07) is 11.2. The topological polar surface area (TPSA) is 24.9 Å². The Morgan fingerprint density at radius 1 is 1.32 bits per heavy atom. The van der Waals surface area contributed by atoms with Crippen LogP contribution in [0.4, 0.5) is 0 Å². The van der Waals surface area contributed by atoms with Crippen LogP contribution in [0.5, 0.6) is 0 Å². The predicted molar refractivity (Wildman–Crippen MR) is 83.9 cm³/mol. The molecule has 0 saturated heterocycles. The van der Waals surface area contributed by atoms with Crippen molar-refractivity contribution in [3.63, 3.8) is 0 Å². The van der Waals surface area contributed by atoms with Crippen molar-refractivity contribution in [3.8, 4) is 0 Å². The molecule has 4 heteroatoms. The van der Waals surface area contributed by atoms with Gasteiger partial charge in [0.05, 0.1) is 10.7 Å². The van der Waals surface area contributed by atoms with Gasteiger partial charge in [-0.3, -0.25) is 0 Å². The Hall–Kier alpha value is -1.23. The second-order valence-electron chi connectivity index (χ2n) is 4.65. The molecule has 0 aliphatic carbocycles. The minimum Gasteiger partial charge on any atom is -0.304 e. The highest BCUT2D eigenvalue weighted by Crippen LogP contribution is 2.29. The largest absolute Gasteiger partial charge is 0.304 e. The molecular formula is C15H16N2S2. The molecule has 0 radical (unpaired) electrons. The number of benzene rings is 1. The van der Waals surface area contributed by atoms with E-state index in [9.17, 15) is 0 Å². The molecule has 3 aromatic rings. The van der Waals surface area contributed by atoms with Crippen molar-refractivity contribution in [2.45, 2.75) is 26.4 Å². The lowest BCUT2D eigenvalue weighted by Gasteiger charge is -2.10. The van der Waals surface area contributed by atoms with Crippen LogP contribution in [0.2, 0.25) is 0 Å². The molecule has 0 aliphatic rings. The zero-order chi connectivity index (χ0) is 13.2. The summed E-state index contributed by atoms with van der Waals surface area (Å²) in [5.41, 5.74) is 1.13. The molecule has 0 saturated carbocycles. The molecule has 2 nitrogen and oxygen atoms in total. The monoisotopic (exact) mass is 288 g/mol. The van der Waals surface area contributed by atoms with Crippen molar-refractivity contribution >= 4 is 32.8 Å². The highest BCUT2D eigenvalue weighted by Gasteiger charge is 2.09. The molecule has 0 aliphatic heterocycles. The molecule has 2 aromatic heterocycles. The second kappa shape index (κ2) is 5.41. The van der Waals surface area contributed by atoms with Gasteiger partial charge >= 0.3 is 0 Å². The Labute approximate surface area is 121 Å². The zero-order valence-corrected chi connectivity index (χ0v) is 12.6. The van der Waals surface area contributed by atoms with Crippen LogP contribution >= 0.6 is 22.7 Å². The Bertz CT molecular complexity index is 651. The van der Waals surface area contributed by atoms with E-state index in [1.165, 1.54) is 15.0 Å². The lowest BCUT2D eigenvalue weighted by atomic mass is 10.2. The van der Waals surface area contributed by atoms with E-state index in [0.29, 0.717) is 6.04 Å². The highest BCUT2D eigenvalue weighted by atomic mass is 32.1. The number of thiophene rings is 1. The van der Waals surface area contributed by atoms with E-state index in [0.717, 1.165) is 17.2 Å². The average Bonchev–Trinajstić information content (AvgIpc) is 3.01. The van der Waals surface area contributed by atoms with E-state index in [2.05, 4.69) is 52.9 Å².